The second-order valence-electron chi connectivity index (χ2n) is 4.47. The standard InChI is InChI=1S/C14H19FN2/c1-3-8-17-9-11(6-7-16)13-10(2)4-5-12(15)14(13)17/h4-5,9H,3,6-8,16H2,1-2H3. The van der Waals surface area contributed by atoms with Crippen LogP contribution in [0, 0.1) is 12.7 Å². The van der Waals surface area contributed by atoms with Crippen molar-refractivity contribution in [3.8, 4) is 0 Å². The van der Waals surface area contributed by atoms with E-state index >= 15 is 0 Å². The lowest BCUT2D eigenvalue weighted by molar-refractivity contribution is 0.618. The predicted molar refractivity (Wildman–Crippen MR) is 69.7 cm³/mol. The second kappa shape index (κ2) is 4.88. The van der Waals surface area contributed by atoms with Crippen LogP contribution >= 0.6 is 0 Å². The molecule has 0 radical (unpaired) electrons. The maximum Gasteiger partial charge on any atom is 0.147 e. The van der Waals surface area contributed by atoms with Gasteiger partial charge in [-0.15, -0.1) is 0 Å². The Labute approximate surface area is 101 Å². The predicted octanol–water partition coefficient (Wildman–Crippen LogP) is 3.00. The fraction of sp³-hybridized carbons (Fsp3) is 0.429. The van der Waals surface area contributed by atoms with E-state index in [0.717, 1.165) is 41.4 Å². The van der Waals surface area contributed by atoms with Gasteiger partial charge in [-0.2, -0.15) is 0 Å². The van der Waals surface area contributed by atoms with Gasteiger partial charge in [0.15, 0.2) is 0 Å². The number of nitrogens with two attached hydrogens (primary N) is 1. The molecule has 92 valence electrons. The number of hydrogen-bond acceptors (Lipinski definition) is 1. The summed E-state index contributed by atoms with van der Waals surface area (Å²) in [5, 5.41) is 1.05. The molecule has 2 N–H and O–H groups in total. The van der Waals surface area contributed by atoms with E-state index in [0.29, 0.717) is 6.54 Å². The molecule has 2 aromatic rings. The topological polar surface area (TPSA) is 30.9 Å². The van der Waals surface area contributed by atoms with E-state index in [2.05, 4.69) is 13.1 Å². The van der Waals surface area contributed by atoms with Crippen LogP contribution in [0.2, 0.25) is 0 Å². The van der Waals surface area contributed by atoms with Gasteiger partial charge in [-0.25, -0.2) is 4.39 Å². The lowest BCUT2D eigenvalue weighted by Crippen LogP contribution is -2.02. The first-order chi connectivity index (χ1) is 8.19. The molecule has 0 bridgehead atoms. The molecule has 0 saturated heterocycles. The maximum atomic E-state index is 14.0. The summed E-state index contributed by atoms with van der Waals surface area (Å²) in [5.74, 6) is -0.137. The van der Waals surface area contributed by atoms with Crippen LogP contribution < -0.4 is 5.73 Å². The molecule has 1 aromatic carbocycles. The van der Waals surface area contributed by atoms with E-state index in [4.69, 9.17) is 5.73 Å². The first kappa shape index (κ1) is 12.1. The molecule has 1 aromatic heterocycles. The fourth-order valence-corrected chi connectivity index (χ4v) is 2.43. The number of nitrogens with zero attached hydrogens (tertiary/aromatic N) is 1. The summed E-state index contributed by atoms with van der Waals surface area (Å²) >= 11 is 0. The zero-order valence-electron chi connectivity index (χ0n) is 10.5. The van der Waals surface area contributed by atoms with E-state index in [1.165, 1.54) is 0 Å². The monoisotopic (exact) mass is 234 g/mol. The van der Waals surface area contributed by atoms with Gasteiger partial charge < -0.3 is 10.3 Å². The third-order valence-electron chi connectivity index (χ3n) is 3.14. The average Bonchev–Trinajstić information content (AvgIpc) is 2.65. The minimum Gasteiger partial charge on any atom is -0.345 e. The van der Waals surface area contributed by atoms with Crippen molar-refractivity contribution in [2.75, 3.05) is 6.54 Å². The zero-order chi connectivity index (χ0) is 12.4. The molecular weight excluding hydrogens is 215 g/mol. The van der Waals surface area contributed by atoms with Crippen LogP contribution in [0.4, 0.5) is 4.39 Å². The third kappa shape index (κ3) is 2.07. The van der Waals surface area contributed by atoms with Gasteiger partial charge in [0.2, 0.25) is 0 Å². The Morgan fingerprint density at radius 3 is 2.76 bits per heavy atom. The van der Waals surface area contributed by atoms with Crippen molar-refractivity contribution in [3.63, 3.8) is 0 Å². The van der Waals surface area contributed by atoms with Gasteiger partial charge in [0.1, 0.15) is 5.82 Å². The van der Waals surface area contributed by atoms with Gasteiger partial charge in [0, 0.05) is 18.1 Å². The fourth-order valence-electron chi connectivity index (χ4n) is 2.43. The molecule has 0 aliphatic rings. The number of rotatable bonds is 4. The van der Waals surface area contributed by atoms with Gasteiger partial charge in [0.05, 0.1) is 5.52 Å². The molecule has 3 heteroatoms. The van der Waals surface area contributed by atoms with E-state index in [1.54, 1.807) is 6.07 Å². The summed E-state index contributed by atoms with van der Waals surface area (Å²) in [5.41, 5.74) is 8.64. The van der Waals surface area contributed by atoms with Crippen LogP contribution in [0.25, 0.3) is 10.9 Å². The number of halogens is 1. The van der Waals surface area contributed by atoms with Crippen molar-refractivity contribution in [3.05, 3.63) is 35.3 Å². The van der Waals surface area contributed by atoms with Crippen molar-refractivity contribution in [1.82, 2.24) is 4.57 Å². The highest BCUT2D eigenvalue weighted by Crippen LogP contribution is 2.27. The van der Waals surface area contributed by atoms with Crippen molar-refractivity contribution in [2.45, 2.75) is 33.2 Å². The summed E-state index contributed by atoms with van der Waals surface area (Å²) in [6.07, 6.45) is 3.86. The Morgan fingerprint density at radius 2 is 2.12 bits per heavy atom. The molecule has 2 nitrogen and oxygen atoms in total. The van der Waals surface area contributed by atoms with Crippen LogP contribution in [0.15, 0.2) is 18.3 Å². The van der Waals surface area contributed by atoms with Gasteiger partial charge in [-0.3, -0.25) is 0 Å². The molecule has 2 rings (SSSR count). The minimum absolute atomic E-state index is 0.137. The SMILES string of the molecule is CCCn1cc(CCN)c2c(C)ccc(F)c21. The lowest BCUT2D eigenvalue weighted by Gasteiger charge is -2.05. The molecule has 0 saturated carbocycles. The summed E-state index contributed by atoms with van der Waals surface area (Å²) in [6, 6.07) is 3.39. The molecule has 1 heterocycles. The normalized spacial score (nSPS) is 11.3. The van der Waals surface area contributed by atoms with Crippen LogP contribution in [0.1, 0.15) is 24.5 Å². The smallest absolute Gasteiger partial charge is 0.147 e. The van der Waals surface area contributed by atoms with Crippen molar-refractivity contribution >= 4 is 10.9 Å². The van der Waals surface area contributed by atoms with Crippen LogP contribution in [0.3, 0.4) is 0 Å². The minimum atomic E-state index is -0.137. The second-order valence-corrected chi connectivity index (χ2v) is 4.47. The molecule has 0 aliphatic heterocycles. The highest BCUT2D eigenvalue weighted by Gasteiger charge is 2.13. The molecular formula is C14H19FN2. The number of benzene rings is 1. The summed E-state index contributed by atoms with van der Waals surface area (Å²) in [4.78, 5) is 0. The molecule has 0 spiro atoms. The van der Waals surface area contributed by atoms with Crippen molar-refractivity contribution < 1.29 is 4.39 Å². The number of aryl methyl sites for hydroxylation is 2. The maximum absolute atomic E-state index is 14.0. The molecule has 0 amide bonds. The zero-order valence-corrected chi connectivity index (χ0v) is 10.5. The van der Waals surface area contributed by atoms with Gasteiger partial charge in [-0.1, -0.05) is 13.0 Å². The average molecular weight is 234 g/mol. The van der Waals surface area contributed by atoms with Crippen LogP contribution in [-0.2, 0) is 13.0 Å². The Balaban J connectivity index is 2.71. The molecule has 17 heavy (non-hydrogen) atoms. The lowest BCUT2D eigenvalue weighted by atomic mass is 10.1. The summed E-state index contributed by atoms with van der Waals surface area (Å²) < 4.78 is 16.0. The number of hydrogen-bond donors (Lipinski definition) is 1. The Bertz CT molecular complexity index is 482. The van der Waals surface area contributed by atoms with Gasteiger partial charge in [-0.05, 0) is 43.5 Å². The third-order valence-corrected chi connectivity index (χ3v) is 3.14. The number of aromatic nitrogens is 1. The first-order valence-electron chi connectivity index (χ1n) is 6.16. The quantitative estimate of drug-likeness (QED) is 0.866. The molecule has 0 fully saturated rings. The highest BCUT2D eigenvalue weighted by atomic mass is 19.1. The summed E-state index contributed by atoms with van der Waals surface area (Å²) in [6.45, 7) is 5.57. The van der Waals surface area contributed by atoms with Gasteiger partial charge >= 0.3 is 0 Å². The Hall–Kier alpha value is -1.35. The molecule has 0 unspecified atom stereocenters. The van der Waals surface area contributed by atoms with Gasteiger partial charge in [0.25, 0.3) is 0 Å². The van der Waals surface area contributed by atoms with Crippen LogP contribution in [0.5, 0.6) is 0 Å². The van der Waals surface area contributed by atoms with Crippen LogP contribution in [-0.4, -0.2) is 11.1 Å². The van der Waals surface area contributed by atoms with Crippen molar-refractivity contribution in [1.29, 1.82) is 0 Å². The Morgan fingerprint density at radius 1 is 1.35 bits per heavy atom. The highest BCUT2D eigenvalue weighted by molar-refractivity contribution is 5.87. The Kier molecular flexibility index (Phi) is 3.48. The first-order valence-corrected chi connectivity index (χ1v) is 6.16. The van der Waals surface area contributed by atoms with Crippen molar-refractivity contribution in [2.24, 2.45) is 5.73 Å². The summed E-state index contributed by atoms with van der Waals surface area (Å²) in [7, 11) is 0. The van der Waals surface area contributed by atoms with E-state index in [9.17, 15) is 4.39 Å². The molecule has 0 aliphatic carbocycles. The molecule has 0 atom stereocenters. The largest absolute Gasteiger partial charge is 0.345 e. The number of fused-ring (bicyclic) bond motifs is 1. The van der Waals surface area contributed by atoms with E-state index < -0.39 is 0 Å². The van der Waals surface area contributed by atoms with E-state index in [-0.39, 0.29) is 5.82 Å². The van der Waals surface area contributed by atoms with E-state index in [1.807, 2.05) is 17.6 Å².